The van der Waals surface area contributed by atoms with Crippen LogP contribution in [0.2, 0.25) is 10.0 Å². The largest absolute Gasteiger partial charge is 0.355 e. The molecule has 2 rings (SSSR count). The Hall–Kier alpha value is -0.730. The number of nitrogens with zero attached hydrogens (tertiary/aromatic N) is 1. The molecule has 5 nitrogen and oxygen atoms in total. The lowest BCUT2D eigenvalue weighted by molar-refractivity contribution is 0.0954. The van der Waals surface area contributed by atoms with E-state index in [2.05, 4.69) is 20.9 Å². The second kappa shape index (κ2) is 9.42. The number of amides is 1. The molecule has 0 bridgehead atoms. The topological polar surface area (TPSA) is 65.5 Å². The van der Waals surface area contributed by atoms with Crippen LogP contribution in [0.15, 0.2) is 23.2 Å². The molecule has 1 aromatic carbocycles. The van der Waals surface area contributed by atoms with Gasteiger partial charge in [-0.05, 0) is 31.0 Å². The molecule has 0 radical (unpaired) electrons. The van der Waals surface area contributed by atoms with Gasteiger partial charge in [0.05, 0.1) is 10.0 Å². The smallest absolute Gasteiger partial charge is 0.251 e. The number of carbonyl (C=O) groups excluding carboxylic acids is 1. The van der Waals surface area contributed by atoms with Crippen molar-refractivity contribution < 1.29 is 4.79 Å². The molecular weight excluding hydrogens is 438 g/mol. The molecule has 0 atom stereocenters. The van der Waals surface area contributed by atoms with Crippen LogP contribution in [0.3, 0.4) is 0 Å². The summed E-state index contributed by atoms with van der Waals surface area (Å²) in [7, 11) is 1.73. The predicted molar refractivity (Wildman–Crippen MR) is 102 cm³/mol. The Morgan fingerprint density at radius 1 is 1.23 bits per heavy atom. The van der Waals surface area contributed by atoms with E-state index in [1.165, 1.54) is 12.8 Å². The lowest BCUT2D eigenvalue weighted by Crippen LogP contribution is -2.42. The van der Waals surface area contributed by atoms with Gasteiger partial charge in [-0.2, -0.15) is 0 Å². The van der Waals surface area contributed by atoms with Gasteiger partial charge in [0.2, 0.25) is 0 Å². The van der Waals surface area contributed by atoms with Crippen molar-refractivity contribution in [2.75, 3.05) is 20.1 Å². The zero-order valence-corrected chi connectivity index (χ0v) is 16.0. The van der Waals surface area contributed by atoms with E-state index >= 15 is 0 Å². The van der Waals surface area contributed by atoms with Crippen LogP contribution in [0.5, 0.6) is 0 Å². The fraction of sp³-hybridized carbons (Fsp3) is 0.429. The van der Waals surface area contributed by atoms with Crippen molar-refractivity contribution in [2.24, 2.45) is 4.99 Å². The van der Waals surface area contributed by atoms with Crippen LogP contribution < -0.4 is 16.0 Å². The van der Waals surface area contributed by atoms with Crippen LogP contribution in [-0.2, 0) is 0 Å². The summed E-state index contributed by atoms with van der Waals surface area (Å²) in [5, 5.41) is 10.0. The Morgan fingerprint density at radius 2 is 1.91 bits per heavy atom. The molecule has 0 spiro atoms. The van der Waals surface area contributed by atoms with Gasteiger partial charge >= 0.3 is 0 Å². The van der Waals surface area contributed by atoms with Gasteiger partial charge in [-0.1, -0.05) is 23.2 Å². The van der Waals surface area contributed by atoms with Crippen molar-refractivity contribution in [1.82, 2.24) is 16.0 Å². The summed E-state index contributed by atoms with van der Waals surface area (Å²) in [6, 6.07) is 5.35. The lowest BCUT2D eigenvalue weighted by Gasteiger charge is -2.11. The highest BCUT2D eigenvalue weighted by molar-refractivity contribution is 14.0. The number of guanidine groups is 1. The molecule has 1 aliphatic rings. The Morgan fingerprint density at radius 3 is 2.50 bits per heavy atom. The second-order valence-electron chi connectivity index (χ2n) is 4.80. The minimum atomic E-state index is -0.180. The number of nitrogens with one attached hydrogen (secondary N) is 3. The number of halogens is 3. The van der Waals surface area contributed by atoms with Crippen LogP contribution >= 0.6 is 47.2 Å². The van der Waals surface area contributed by atoms with E-state index < -0.39 is 0 Å². The average molecular weight is 457 g/mol. The number of aliphatic imine (C=N–C) groups is 1. The summed E-state index contributed by atoms with van der Waals surface area (Å²) >= 11 is 11.7. The van der Waals surface area contributed by atoms with Gasteiger partial charge in [0.15, 0.2) is 5.96 Å². The third-order valence-corrected chi connectivity index (χ3v) is 3.77. The van der Waals surface area contributed by atoms with Crippen LogP contribution in [-0.4, -0.2) is 38.0 Å². The Bertz CT molecular complexity index is 550. The lowest BCUT2D eigenvalue weighted by atomic mass is 10.2. The van der Waals surface area contributed by atoms with Crippen molar-refractivity contribution in [3.63, 3.8) is 0 Å². The van der Waals surface area contributed by atoms with Gasteiger partial charge in [0.25, 0.3) is 5.91 Å². The summed E-state index contributed by atoms with van der Waals surface area (Å²) in [6.45, 7) is 1.09. The van der Waals surface area contributed by atoms with Gasteiger partial charge in [0, 0.05) is 31.7 Å². The molecule has 0 saturated heterocycles. The number of carbonyl (C=O) groups is 1. The van der Waals surface area contributed by atoms with Crippen molar-refractivity contribution >= 4 is 59.0 Å². The Balaban J connectivity index is 0.00000242. The summed E-state index contributed by atoms with van der Waals surface area (Å²) in [5.41, 5.74) is 0.491. The van der Waals surface area contributed by atoms with Crippen molar-refractivity contribution in [1.29, 1.82) is 0 Å². The molecule has 1 aliphatic carbocycles. The first-order chi connectivity index (χ1) is 10.1. The van der Waals surface area contributed by atoms with Gasteiger partial charge in [-0.15, -0.1) is 24.0 Å². The van der Waals surface area contributed by atoms with E-state index in [4.69, 9.17) is 23.2 Å². The summed E-state index contributed by atoms with van der Waals surface area (Å²) in [4.78, 5) is 16.0. The molecule has 0 aliphatic heterocycles. The molecule has 122 valence electrons. The third kappa shape index (κ3) is 6.18. The number of rotatable bonds is 5. The molecule has 8 heteroatoms. The van der Waals surface area contributed by atoms with Crippen molar-refractivity contribution in [3.8, 4) is 0 Å². The van der Waals surface area contributed by atoms with Gasteiger partial charge in [-0.3, -0.25) is 9.79 Å². The molecule has 1 saturated carbocycles. The van der Waals surface area contributed by atoms with Crippen LogP contribution in [0.25, 0.3) is 0 Å². The molecule has 1 fully saturated rings. The average Bonchev–Trinajstić information content (AvgIpc) is 3.28. The highest BCUT2D eigenvalue weighted by Crippen LogP contribution is 2.22. The number of benzene rings is 1. The maximum absolute atomic E-state index is 11.9. The SMILES string of the molecule is CN=C(NCCNC(=O)c1ccc(Cl)c(Cl)c1)NC1CC1.I. The first-order valence-corrected chi connectivity index (χ1v) is 7.56. The summed E-state index contributed by atoms with van der Waals surface area (Å²) < 4.78 is 0. The summed E-state index contributed by atoms with van der Waals surface area (Å²) in [6.07, 6.45) is 2.38. The number of hydrogen-bond acceptors (Lipinski definition) is 2. The third-order valence-electron chi connectivity index (χ3n) is 3.03. The zero-order valence-electron chi connectivity index (χ0n) is 12.2. The molecule has 1 amide bonds. The van der Waals surface area contributed by atoms with Crippen molar-refractivity contribution in [3.05, 3.63) is 33.8 Å². The maximum atomic E-state index is 11.9. The van der Waals surface area contributed by atoms with E-state index in [9.17, 15) is 4.79 Å². The van der Waals surface area contributed by atoms with Crippen molar-refractivity contribution in [2.45, 2.75) is 18.9 Å². The molecular formula is C14H19Cl2IN4O. The van der Waals surface area contributed by atoms with Crippen LogP contribution in [0.4, 0.5) is 0 Å². The van der Waals surface area contributed by atoms with Crippen LogP contribution in [0, 0.1) is 0 Å². The van der Waals surface area contributed by atoms with Gasteiger partial charge in [0.1, 0.15) is 0 Å². The Kier molecular flexibility index (Phi) is 8.27. The zero-order chi connectivity index (χ0) is 15.2. The minimum Gasteiger partial charge on any atom is -0.355 e. The minimum absolute atomic E-state index is 0. The molecule has 3 N–H and O–H groups in total. The van der Waals surface area contributed by atoms with E-state index in [-0.39, 0.29) is 29.9 Å². The molecule has 1 aromatic rings. The number of hydrogen-bond donors (Lipinski definition) is 3. The van der Waals surface area contributed by atoms with E-state index in [1.807, 2.05) is 0 Å². The first kappa shape index (κ1) is 19.3. The quantitative estimate of drug-likeness (QED) is 0.276. The predicted octanol–water partition coefficient (Wildman–Crippen LogP) is 2.67. The Labute approximate surface area is 157 Å². The maximum Gasteiger partial charge on any atom is 0.251 e. The fourth-order valence-electron chi connectivity index (χ4n) is 1.71. The first-order valence-electron chi connectivity index (χ1n) is 6.80. The van der Waals surface area contributed by atoms with E-state index in [1.54, 1.807) is 25.2 Å². The van der Waals surface area contributed by atoms with E-state index in [0.29, 0.717) is 34.7 Å². The molecule has 0 heterocycles. The van der Waals surface area contributed by atoms with Gasteiger partial charge in [-0.25, -0.2) is 0 Å². The monoisotopic (exact) mass is 456 g/mol. The summed E-state index contributed by atoms with van der Waals surface area (Å²) in [5.74, 6) is 0.585. The van der Waals surface area contributed by atoms with Gasteiger partial charge < -0.3 is 16.0 Å². The fourth-order valence-corrected chi connectivity index (χ4v) is 2.01. The molecule has 0 aromatic heterocycles. The molecule has 0 unspecified atom stereocenters. The van der Waals surface area contributed by atoms with Crippen LogP contribution in [0.1, 0.15) is 23.2 Å². The molecule has 22 heavy (non-hydrogen) atoms. The normalized spacial score (nSPS) is 14.0. The standard InChI is InChI=1S/C14H18Cl2N4O.HI/c1-17-14(20-10-3-4-10)19-7-6-18-13(21)9-2-5-11(15)12(16)8-9;/h2,5,8,10H,3-4,6-7H2,1H3,(H,18,21)(H2,17,19,20);1H. The highest BCUT2D eigenvalue weighted by Gasteiger charge is 2.21. The highest BCUT2D eigenvalue weighted by atomic mass is 127. The van der Waals surface area contributed by atoms with E-state index in [0.717, 1.165) is 5.96 Å². The second-order valence-corrected chi connectivity index (χ2v) is 5.62.